The van der Waals surface area contributed by atoms with Gasteiger partial charge in [0.25, 0.3) is 0 Å². The lowest BCUT2D eigenvalue weighted by molar-refractivity contribution is -0.141. The highest BCUT2D eigenvalue weighted by Crippen LogP contribution is 2.43. The summed E-state index contributed by atoms with van der Waals surface area (Å²) in [5.74, 6) is 0.605. The lowest BCUT2D eigenvalue weighted by Crippen LogP contribution is -2.53. The minimum Gasteiger partial charge on any atom is -0.474 e. The third-order valence-electron chi connectivity index (χ3n) is 5.84. The van der Waals surface area contributed by atoms with Gasteiger partial charge in [0.05, 0.1) is 11.6 Å². The van der Waals surface area contributed by atoms with Gasteiger partial charge >= 0.3 is 0 Å². The summed E-state index contributed by atoms with van der Waals surface area (Å²) >= 11 is 0. The van der Waals surface area contributed by atoms with Crippen molar-refractivity contribution in [1.82, 2.24) is 14.8 Å². The van der Waals surface area contributed by atoms with Crippen LogP contribution >= 0.6 is 0 Å². The monoisotopic (exact) mass is 375 g/mol. The molecule has 1 saturated heterocycles. The molecule has 1 aromatic rings. The minimum atomic E-state index is -0.300. The summed E-state index contributed by atoms with van der Waals surface area (Å²) < 4.78 is 12.0. The van der Waals surface area contributed by atoms with E-state index in [0.29, 0.717) is 12.4 Å². The number of hydrogen-bond acceptors (Lipinski definition) is 5. The first-order chi connectivity index (χ1) is 12.9. The molecule has 27 heavy (non-hydrogen) atoms. The van der Waals surface area contributed by atoms with Gasteiger partial charge in [0.2, 0.25) is 17.7 Å². The maximum absolute atomic E-state index is 12.8. The number of aromatic nitrogens is 1. The fraction of sp³-hybridized carbons (Fsp3) is 0.650. The van der Waals surface area contributed by atoms with Gasteiger partial charge in [0.15, 0.2) is 0 Å². The Morgan fingerprint density at radius 3 is 2.78 bits per heavy atom. The molecule has 0 bridgehead atoms. The Labute approximate surface area is 160 Å². The third-order valence-corrected chi connectivity index (χ3v) is 5.84. The second-order valence-electron chi connectivity index (χ2n) is 7.59. The number of amides is 2. The second kappa shape index (κ2) is 8.25. The third kappa shape index (κ3) is 4.24. The van der Waals surface area contributed by atoms with Crippen LogP contribution in [0.1, 0.15) is 38.5 Å². The molecule has 1 saturated carbocycles. The Kier molecular flexibility index (Phi) is 5.99. The van der Waals surface area contributed by atoms with E-state index in [1.165, 1.54) is 4.90 Å². The quantitative estimate of drug-likeness (QED) is 0.759. The van der Waals surface area contributed by atoms with E-state index in [-0.39, 0.29) is 42.4 Å². The van der Waals surface area contributed by atoms with E-state index in [1.807, 2.05) is 23.1 Å². The number of ether oxygens (including phenoxy) is 2. The molecule has 2 fully saturated rings. The fourth-order valence-corrected chi connectivity index (χ4v) is 4.24. The van der Waals surface area contributed by atoms with Crippen LogP contribution in [0.2, 0.25) is 0 Å². The van der Waals surface area contributed by atoms with Gasteiger partial charge in [-0.25, -0.2) is 4.98 Å². The van der Waals surface area contributed by atoms with Crippen molar-refractivity contribution in [3.05, 3.63) is 24.4 Å². The van der Waals surface area contributed by atoms with E-state index in [2.05, 4.69) is 4.98 Å². The van der Waals surface area contributed by atoms with Crippen LogP contribution in [0.15, 0.2) is 24.4 Å². The van der Waals surface area contributed by atoms with Gasteiger partial charge in [-0.15, -0.1) is 0 Å². The number of hydrogen-bond donors (Lipinski definition) is 0. The molecule has 2 aliphatic rings. The average molecular weight is 375 g/mol. The van der Waals surface area contributed by atoms with Gasteiger partial charge in [0, 0.05) is 59.3 Å². The molecule has 1 aliphatic heterocycles. The van der Waals surface area contributed by atoms with E-state index in [0.717, 1.165) is 25.7 Å². The first-order valence-corrected chi connectivity index (χ1v) is 9.57. The Hall–Kier alpha value is -2.15. The van der Waals surface area contributed by atoms with Crippen LogP contribution in [-0.2, 0) is 14.3 Å². The van der Waals surface area contributed by atoms with Crippen molar-refractivity contribution < 1.29 is 19.1 Å². The van der Waals surface area contributed by atoms with Crippen LogP contribution < -0.4 is 4.74 Å². The summed E-state index contributed by atoms with van der Waals surface area (Å²) in [5, 5.41) is 0. The molecule has 0 spiro atoms. The summed E-state index contributed by atoms with van der Waals surface area (Å²) in [4.78, 5) is 32.3. The average Bonchev–Trinajstić information content (AvgIpc) is 3.06. The maximum Gasteiger partial charge on any atom is 0.223 e. The molecule has 0 radical (unpaired) electrons. The predicted octanol–water partition coefficient (Wildman–Crippen LogP) is 1.87. The predicted molar refractivity (Wildman–Crippen MR) is 100 cm³/mol. The Morgan fingerprint density at radius 1 is 1.30 bits per heavy atom. The van der Waals surface area contributed by atoms with Crippen LogP contribution in [0.25, 0.3) is 0 Å². The molecule has 2 heterocycles. The van der Waals surface area contributed by atoms with Crippen molar-refractivity contribution >= 4 is 11.8 Å². The van der Waals surface area contributed by atoms with Gasteiger partial charge < -0.3 is 19.3 Å². The standard InChI is InChI=1S/C20H29N3O4/c1-22(2)18(24)7-8-19(25)23-13-11-20(26-3)10-9-15(14-16(20)23)27-17-6-4-5-12-21-17/h4-6,12,15-16H,7-11,13-14H2,1-3H3/t15-,16-,20+/m0/s1. The lowest BCUT2D eigenvalue weighted by atomic mass is 9.79. The molecule has 0 aromatic carbocycles. The van der Waals surface area contributed by atoms with Crippen LogP contribution in [0.3, 0.4) is 0 Å². The van der Waals surface area contributed by atoms with Crippen LogP contribution in [0, 0.1) is 0 Å². The van der Waals surface area contributed by atoms with Gasteiger partial charge in [-0.2, -0.15) is 0 Å². The zero-order chi connectivity index (χ0) is 19.4. The molecular formula is C20H29N3O4. The largest absolute Gasteiger partial charge is 0.474 e. The van der Waals surface area contributed by atoms with Gasteiger partial charge in [0.1, 0.15) is 6.10 Å². The van der Waals surface area contributed by atoms with Crippen LogP contribution in [0.5, 0.6) is 5.88 Å². The number of carbonyl (C=O) groups excluding carboxylic acids is 2. The van der Waals surface area contributed by atoms with Crippen molar-refractivity contribution in [3.63, 3.8) is 0 Å². The molecule has 0 unspecified atom stereocenters. The Morgan fingerprint density at radius 2 is 2.11 bits per heavy atom. The lowest BCUT2D eigenvalue weighted by Gasteiger charge is -2.43. The van der Waals surface area contributed by atoms with Crippen molar-refractivity contribution in [1.29, 1.82) is 0 Å². The summed E-state index contributed by atoms with van der Waals surface area (Å²) in [6.07, 6.45) is 5.47. The number of fused-ring (bicyclic) bond motifs is 1. The summed E-state index contributed by atoms with van der Waals surface area (Å²) in [7, 11) is 5.15. The number of carbonyl (C=O) groups is 2. The molecule has 2 amide bonds. The highest BCUT2D eigenvalue weighted by molar-refractivity contribution is 5.84. The van der Waals surface area contributed by atoms with Gasteiger partial charge in [-0.1, -0.05) is 6.07 Å². The van der Waals surface area contributed by atoms with E-state index in [4.69, 9.17) is 9.47 Å². The molecule has 7 heteroatoms. The molecule has 0 N–H and O–H groups in total. The molecule has 148 valence electrons. The number of rotatable bonds is 6. The summed E-state index contributed by atoms with van der Waals surface area (Å²) in [6, 6.07) is 5.59. The minimum absolute atomic E-state index is 0.00461. The van der Waals surface area contributed by atoms with Crippen LogP contribution in [0.4, 0.5) is 0 Å². The smallest absolute Gasteiger partial charge is 0.223 e. The molecule has 3 atom stereocenters. The highest BCUT2D eigenvalue weighted by Gasteiger charge is 2.52. The second-order valence-corrected chi connectivity index (χ2v) is 7.59. The van der Waals surface area contributed by atoms with Crippen LogP contribution in [-0.4, -0.2) is 72.1 Å². The summed E-state index contributed by atoms with van der Waals surface area (Å²) in [5.41, 5.74) is -0.300. The van der Waals surface area contributed by atoms with Crippen molar-refractivity contribution in [3.8, 4) is 5.88 Å². The van der Waals surface area contributed by atoms with E-state index in [1.54, 1.807) is 27.4 Å². The highest BCUT2D eigenvalue weighted by atomic mass is 16.5. The Bertz CT molecular complexity index is 666. The number of methoxy groups -OCH3 is 1. The van der Waals surface area contributed by atoms with Crippen molar-refractivity contribution in [2.45, 2.75) is 56.3 Å². The first kappa shape index (κ1) is 19.6. The fourth-order valence-electron chi connectivity index (χ4n) is 4.24. The molecule has 1 aliphatic carbocycles. The Balaban J connectivity index is 1.66. The number of likely N-dealkylation sites (tertiary alicyclic amines) is 1. The maximum atomic E-state index is 12.8. The van der Waals surface area contributed by atoms with E-state index < -0.39 is 0 Å². The number of nitrogens with zero attached hydrogens (tertiary/aromatic N) is 3. The summed E-state index contributed by atoms with van der Waals surface area (Å²) in [6.45, 7) is 0.670. The van der Waals surface area contributed by atoms with Crippen molar-refractivity contribution in [2.24, 2.45) is 0 Å². The molecular weight excluding hydrogens is 346 g/mol. The van der Waals surface area contributed by atoms with E-state index >= 15 is 0 Å². The normalized spacial score (nSPS) is 27.1. The zero-order valence-electron chi connectivity index (χ0n) is 16.4. The SMILES string of the molecule is CO[C@@]12CC[C@H](Oc3ccccn3)C[C@@H]1N(C(=O)CCC(=O)N(C)C)CC2. The molecule has 3 rings (SSSR count). The van der Waals surface area contributed by atoms with Crippen molar-refractivity contribution in [2.75, 3.05) is 27.7 Å². The first-order valence-electron chi connectivity index (χ1n) is 9.57. The molecule has 1 aromatic heterocycles. The van der Waals surface area contributed by atoms with Gasteiger partial charge in [-0.3, -0.25) is 9.59 Å². The van der Waals surface area contributed by atoms with E-state index in [9.17, 15) is 9.59 Å². The van der Waals surface area contributed by atoms with Gasteiger partial charge in [-0.05, 0) is 25.3 Å². The number of pyridine rings is 1. The topological polar surface area (TPSA) is 72.0 Å². The zero-order valence-corrected chi connectivity index (χ0v) is 16.4. The molecule has 7 nitrogen and oxygen atoms in total.